The van der Waals surface area contributed by atoms with Gasteiger partial charge >= 0.3 is 0 Å². The van der Waals surface area contributed by atoms with E-state index in [-0.39, 0.29) is 28.9 Å². The predicted molar refractivity (Wildman–Crippen MR) is 57.7 cm³/mol. The Morgan fingerprint density at radius 1 is 1.62 bits per heavy atom. The summed E-state index contributed by atoms with van der Waals surface area (Å²) in [4.78, 5) is 3.95. The highest BCUT2D eigenvalue weighted by Gasteiger charge is 2.18. The van der Waals surface area contributed by atoms with Crippen LogP contribution in [0.1, 0.15) is 23.2 Å². The third kappa shape index (κ3) is 2.67. The second kappa shape index (κ2) is 5.75. The molecule has 3 nitrogen and oxygen atoms in total. The monoisotopic (exact) mass is 290 g/mol. The summed E-state index contributed by atoms with van der Waals surface area (Å²) in [5, 5.41) is 8.78. The van der Waals surface area contributed by atoms with Gasteiger partial charge in [0, 0.05) is 16.5 Å². The lowest BCUT2D eigenvalue weighted by molar-refractivity contribution is 0.149. The summed E-state index contributed by atoms with van der Waals surface area (Å²) < 4.78 is 30.3. The molecule has 6 heteroatoms. The Bertz CT molecular complexity index is 418. The number of nitrogens with zero attached hydrogens (tertiary/aromatic N) is 2. The normalized spacial score (nSPS) is 10.2. The van der Waals surface area contributed by atoms with Crippen molar-refractivity contribution in [1.82, 2.24) is 4.98 Å². The van der Waals surface area contributed by atoms with Crippen LogP contribution in [0.4, 0.5) is 8.78 Å². The summed E-state index contributed by atoms with van der Waals surface area (Å²) in [6.45, 7) is 0. The van der Waals surface area contributed by atoms with E-state index in [0.29, 0.717) is 5.56 Å². The zero-order valence-electron chi connectivity index (χ0n) is 8.51. The number of hydrogen-bond donors (Lipinski definition) is 0. The molecule has 1 rings (SSSR count). The van der Waals surface area contributed by atoms with Gasteiger partial charge < -0.3 is 4.74 Å². The molecule has 0 aromatic carbocycles. The average Bonchev–Trinajstić information content (AvgIpc) is 2.28. The van der Waals surface area contributed by atoms with E-state index in [1.807, 2.05) is 6.07 Å². The third-order valence-electron chi connectivity index (χ3n) is 2.00. The van der Waals surface area contributed by atoms with Crippen molar-refractivity contribution in [1.29, 1.82) is 5.26 Å². The van der Waals surface area contributed by atoms with Crippen LogP contribution < -0.4 is 4.74 Å². The molecule has 0 radical (unpaired) electrons. The van der Waals surface area contributed by atoms with Crippen LogP contribution in [0.15, 0.2) is 6.07 Å². The van der Waals surface area contributed by atoms with Crippen LogP contribution in [0, 0.1) is 11.3 Å². The van der Waals surface area contributed by atoms with E-state index in [1.54, 1.807) is 0 Å². The summed E-state index contributed by atoms with van der Waals surface area (Å²) >= 11 is 3.09. The molecular formula is C10H9BrF2N2O. The quantitative estimate of drug-likeness (QED) is 0.801. The van der Waals surface area contributed by atoms with E-state index >= 15 is 0 Å². The van der Waals surface area contributed by atoms with E-state index < -0.39 is 6.43 Å². The minimum absolute atomic E-state index is 0.00153. The lowest BCUT2D eigenvalue weighted by Gasteiger charge is -2.11. The highest BCUT2D eigenvalue weighted by Crippen LogP contribution is 2.28. The number of rotatable bonds is 4. The van der Waals surface area contributed by atoms with Gasteiger partial charge in [-0.25, -0.2) is 13.8 Å². The van der Waals surface area contributed by atoms with E-state index in [0.717, 1.165) is 0 Å². The number of nitriles is 1. The predicted octanol–water partition coefficient (Wildman–Crippen LogP) is 2.99. The Morgan fingerprint density at radius 3 is 2.75 bits per heavy atom. The van der Waals surface area contributed by atoms with Crippen LogP contribution in [-0.4, -0.2) is 12.1 Å². The van der Waals surface area contributed by atoms with Gasteiger partial charge in [-0.15, -0.1) is 0 Å². The molecule has 0 unspecified atom stereocenters. The van der Waals surface area contributed by atoms with Gasteiger partial charge in [0.2, 0.25) is 5.88 Å². The molecule has 0 saturated carbocycles. The summed E-state index contributed by atoms with van der Waals surface area (Å²) in [5.74, 6) is 0.223. The first-order valence-electron chi connectivity index (χ1n) is 4.41. The zero-order valence-corrected chi connectivity index (χ0v) is 10.1. The fourth-order valence-corrected chi connectivity index (χ4v) is 1.73. The Hall–Kier alpha value is -1.22. The Labute approximate surface area is 100 Å². The Kier molecular flexibility index (Phi) is 4.62. The molecule has 0 saturated heterocycles. The first kappa shape index (κ1) is 12.8. The van der Waals surface area contributed by atoms with Crippen LogP contribution in [0.3, 0.4) is 0 Å². The van der Waals surface area contributed by atoms with Gasteiger partial charge in [0.15, 0.2) is 0 Å². The first-order valence-corrected chi connectivity index (χ1v) is 5.54. The molecule has 0 aliphatic carbocycles. The van der Waals surface area contributed by atoms with Gasteiger partial charge in [-0.2, -0.15) is 5.26 Å². The topological polar surface area (TPSA) is 45.9 Å². The minimum atomic E-state index is -2.61. The molecular weight excluding hydrogens is 282 g/mol. The van der Waals surface area contributed by atoms with Crippen molar-refractivity contribution < 1.29 is 13.5 Å². The zero-order chi connectivity index (χ0) is 12.1. The Morgan fingerprint density at radius 2 is 2.31 bits per heavy atom. The number of alkyl halides is 3. The first-order chi connectivity index (χ1) is 7.63. The molecule has 1 heterocycles. The minimum Gasteiger partial charge on any atom is -0.481 e. The van der Waals surface area contributed by atoms with Crippen LogP contribution in [-0.2, 0) is 11.8 Å². The molecule has 1 aromatic heterocycles. The number of ether oxygens (including phenoxy) is 1. The molecule has 86 valence electrons. The number of pyridine rings is 1. The second-order valence-electron chi connectivity index (χ2n) is 2.96. The van der Waals surface area contributed by atoms with Crippen molar-refractivity contribution in [3.8, 4) is 11.9 Å². The maximum absolute atomic E-state index is 12.7. The number of hydrogen-bond acceptors (Lipinski definition) is 3. The van der Waals surface area contributed by atoms with Crippen LogP contribution in [0.2, 0.25) is 0 Å². The second-order valence-corrected chi connectivity index (χ2v) is 3.52. The fraction of sp³-hybridized carbons (Fsp3) is 0.400. The number of methoxy groups -OCH3 is 1. The van der Waals surface area contributed by atoms with Crippen molar-refractivity contribution in [2.75, 3.05) is 7.11 Å². The van der Waals surface area contributed by atoms with Crippen molar-refractivity contribution in [3.63, 3.8) is 0 Å². The largest absolute Gasteiger partial charge is 0.481 e. The summed E-state index contributed by atoms with van der Waals surface area (Å²) in [6, 6.07) is 3.16. The average molecular weight is 291 g/mol. The van der Waals surface area contributed by atoms with Gasteiger partial charge in [-0.1, -0.05) is 15.9 Å². The summed E-state index contributed by atoms with van der Waals surface area (Å²) in [6.07, 6.45) is -2.61. The molecule has 16 heavy (non-hydrogen) atoms. The van der Waals surface area contributed by atoms with E-state index in [4.69, 9.17) is 10.00 Å². The number of halogens is 3. The molecule has 0 aliphatic heterocycles. The molecule has 0 fully saturated rings. The van der Waals surface area contributed by atoms with Gasteiger partial charge in [0.25, 0.3) is 6.43 Å². The van der Waals surface area contributed by atoms with E-state index in [9.17, 15) is 8.78 Å². The SMILES string of the molecule is COc1nc(CBr)c(C(F)F)cc1CC#N. The highest BCUT2D eigenvalue weighted by atomic mass is 79.9. The van der Waals surface area contributed by atoms with Crippen LogP contribution in [0.5, 0.6) is 5.88 Å². The summed E-state index contributed by atoms with van der Waals surface area (Å²) in [7, 11) is 1.39. The van der Waals surface area contributed by atoms with Crippen molar-refractivity contribution in [3.05, 3.63) is 22.9 Å². The molecule has 0 spiro atoms. The maximum atomic E-state index is 12.7. The Balaban J connectivity index is 3.30. The molecule has 0 atom stereocenters. The highest BCUT2D eigenvalue weighted by molar-refractivity contribution is 9.08. The van der Waals surface area contributed by atoms with E-state index in [2.05, 4.69) is 20.9 Å². The molecule has 1 aromatic rings. The van der Waals surface area contributed by atoms with Crippen LogP contribution >= 0.6 is 15.9 Å². The van der Waals surface area contributed by atoms with Gasteiger partial charge in [0.1, 0.15) is 0 Å². The molecule has 0 N–H and O–H groups in total. The van der Waals surface area contributed by atoms with Gasteiger partial charge in [0.05, 0.1) is 25.3 Å². The van der Waals surface area contributed by atoms with Gasteiger partial charge in [-0.3, -0.25) is 0 Å². The lowest BCUT2D eigenvalue weighted by Crippen LogP contribution is -2.03. The lowest BCUT2D eigenvalue weighted by atomic mass is 10.1. The van der Waals surface area contributed by atoms with Gasteiger partial charge in [-0.05, 0) is 6.07 Å². The number of aromatic nitrogens is 1. The smallest absolute Gasteiger partial charge is 0.265 e. The van der Waals surface area contributed by atoms with E-state index in [1.165, 1.54) is 13.2 Å². The molecule has 0 aliphatic rings. The van der Waals surface area contributed by atoms with Crippen molar-refractivity contribution in [2.45, 2.75) is 18.2 Å². The summed E-state index contributed by atoms with van der Waals surface area (Å²) in [5.41, 5.74) is 0.446. The maximum Gasteiger partial charge on any atom is 0.265 e. The fourth-order valence-electron chi connectivity index (χ4n) is 1.28. The molecule has 0 bridgehead atoms. The third-order valence-corrected chi connectivity index (χ3v) is 2.53. The standard InChI is InChI=1S/C10H9BrF2N2O/c1-16-10-6(2-3-14)4-7(9(12)13)8(5-11)15-10/h4,9H,2,5H2,1H3. The molecule has 0 amide bonds. The van der Waals surface area contributed by atoms with Crippen molar-refractivity contribution in [2.24, 2.45) is 0 Å². The van der Waals surface area contributed by atoms with Crippen LogP contribution in [0.25, 0.3) is 0 Å². The van der Waals surface area contributed by atoms with Crippen molar-refractivity contribution >= 4 is 15.9 Å².